The number of nitrogens with zero attached hydrogens (tertiary/aromatic N) is 1. The van der Waals surface area contributed by atoms with E-state index >= 15 is 0 Å². The second kappa shape index (κ2) is 6.36. The molecule has 1 amide bonds. The van der Waals surface area contributed by atoms with Gasteiger partial charge in [-0.15, -0.1) is 0 Å². The fraction of sp³-hybridized carbons (Fsp3) is 0.500. The number of halogens is 4. The van der Waals surface area contributed by atoms with Gasteiger partial charge in [-0.05, 0) is 31.2 Å². The number of morpholine rings is 1. The van der Waals surface area contributed by atoms with Crippen molar-refractivity contribution in [3.05, 3.63) is 35.4 Å². The summed E-state index contributed by atoms with van der Waals surface area (Å²) in [4.78, 5) is 14.0. The number of ether oxygens (including phenoxy) is 1. The lowest BCUT2D eigenvalue weighted by molar-refractivity contribution is -0.137. The summed E-state index contributed by atoms with van der Waals surface area (Å²) in [5.41, 5.74) is -0.502. The number of rotatable bonds is 2. The van der Waals surface area contributed by atoms with Crippen LogP contribution in [0, 0.1) is 0 Å². The molecule has 1 aromatic carbocycles. The lowest BCUT2D eigenvalue weighted by atomic mass is 10.1. The molecule has 2 rings (SSSR count). The average molecular weight is 366 g/mol. The fourth-order valence-corrected chi connectivity index (χ4v) is 2.64. The summed E-state index contributed by atoms with van der Waals surface area (Å²) in [5.74, 6) is -0.273. The highest BCUT2D eigenvalue weighted by atomic mass is 79.9. The molecule has 0 aliphatic carbocycles. The second-order valence-corrected chi connectivity index (χ2v) is 5.66. The molecule has 1 aliphatic rings. The van der Waals surface area contributed by atoms with Crippen molar-refractivity contribution in [2.24, 2.45) is 0 Å². The van der Waals surface area contributed by atoms with Gasteiger partial charge in [0.25, 0.3) is 5.91 Å². The molecular formula is C14H15BrF3NO2. The molecule has 0 aromatic heterocycles. The maximum absolute atomic E-state index is 12.5. The van der Waals surface area contributed by atoms with Crippen LogP contribution in [0.15, 0.2) is 24.3 Å². The highest BCUT2D eigenvalue weighted by molar-refractivity contribution is 9.09. The molecule has 0 bridgehead atoms. The molecule has 2 atom stereocenters. The smallest absolute Gasteiger partial charge is 0.371 e. The van der Waals surface area contributed by atoms with Crippen molar-refractivity contribution in [3.8, 4) is 0 Å². The van der Waals surface area contributed by atoms with E-state index in [2.05, 4.69) is 15.9 Å². The van der Waals surface area contributed by atoms with Gasteiger partial charge in [-0.25, -0.2) is 0 Å². The van der Waals surface area contributed by atoms with Crippen molar-refractivity contribution in [3.63, 3.8) is 0 Å². The zero-order chi connectivity index (χ0) is 15.6. The molecule has 116 valence electrons. The Balaban J connectivity index is 2.12. The summed E-state index contributed by atoms with van der Waals surface area (Å²) in [5, 5.41) is 0.605. The summed E-state index contributed by atoms with van der Waals surface area (Å²) in [6, 6.07) is 4.29. The molecule has 1 aliphatic heterocycles. The number of hydrogen-bond donors (Lipinski definition) is 0. The Bertz CT molecular complexity index is 504. The van der Waals surface area contributed by atoms with E-state index < -0.39 is 11.7 Å². The topological polar surface area (TPSA) is 29.5 Å². The molecule has 2 unspecified atom stereocenters. The summed E-state index contributed by atoms with van der Waals surface area (Å²) in [6.07, 6.45) is -4.59. The lowest BCUT2D eigenvalue weighted by Crippen LogP contribution is -2.49. The first-order valence-corrected chi connectivity index (χ1v) is 7.61. The van der Waals surface area contributed by atoms with Gasteiger partial charge in [0.2, 0.25) is 0 Å². The zero-order valence-electron chi connectivity index (χ0n) is 11.4. The Kier molecular flexibility index (Phi) is 4.93. The largest absolute Gasteiger partial charge is 0.416 e. The van der Waals surface area contributed by atoms with Gasteiger partial charge in [0, 0.05) is 24.0 Å². The molecule has 7 heteroatoms. The Morgan fingerprint density at radius 3 is 2.48 bits per heavy atom. The highest BCUT2D eigenvalue weighted by Crippen LogP contribution is 2.29. The Hall–Kier alpha value is -1.08. The number of amides is 1. The van der Waals surface area contributed by atoms with Crippen LogP contribution in [0.4, 0.5) is 13.2 Å². The first-order valence-electron chi connectivity index (χ1n) is 6.49. The summed E-state index contributed by atoms with van der Waals surface area (Å²) >= 11 is 3.31. The van der Waals surface area contributed by atoms with Crippen molar-refractivity contribution in [1.29, 1.82) is 0 Å². The minimum atomic E-state index is -4.39. The molecule has 1 saturated heterocycles. The van der Waals surface area contributed by atoms with Gasteiger partial charge in [-0.1, -0.05) is 15.9 Å². The van der Waals surface area contributed by atoms with Crippen LogP contribution in [0.5, 0.6) is 0 Å². The number of carbonyl (C=O) groups is 1. The first-order chi connectivity index (χ1) is 9.81. The Labute approximate surface area is 129 Å². The van der Waals surface area contributed by atoms with Crippen LogP contribution >= 0.6 is 15.9 Å². The number of benzene rings is 1. The van der Waals surface area contributed by atoms with Gasteiger partial charge in [-0.2, -0.15) is 13.2 Å². The highest BCUT2D eigenvalue weighted by Gasteiger charge is 2.31. The first kappa shape index (κ1) is 16.3. The minimum Gasteiger partial charge on any atom is -0.371 e. The van der Waals surface area contributed by atoms with E-state index in [-0.39, 0.29) is 23.7 Å². The van der Waals surface area contributed by atoms with Crippen LogP contribution in [-0.4, -0.2) is 41.4 Å². The molecular weight excluding hydrogens is 351 g/mol. The molecule has 3 nitrogen and oxygen atoms in total. The molecule has 1 aromatic rings. The van der Waals surface area contributed by atoms with E-state index in [1.807, 2.05) is 6.92 Å². The summed E-state index contributed by atoms with van der Waals surface area (Å²) < 4.78 is 43.1. The monoisotopic (exact) mass is 365 g/mol. The lowest BCUT2D eigenvalue weighted by Gasteiger charge is -2.36. The van der Waals surface area contributed by atoms with Gasteiger partial charge in [0.15, 0.2) is 0 Å². The third-order valence-corrected chi connectivity index (χ3v) is 3.97. The maximum Gasteiger partial charge on any atom is 0.416 e. The quantitative estimate of drug-likeness (QED) is 0.752. The van der Waals surface area contributed by atoms with E-state index in [0.717, 1.165) is 12.1 Å². The van der Waals surface area contributed by atoms with Crippen molar-refractivity contribution in [1.82, 2.24) is 4.90 Å². The van der Waals surface area contributed by atoms with Crippen LogP contribution in [-0.2, 0) is 10.9 Å². The zero-order valence-corrected chi connectivity index (χ0v) is 12.9. The SMILES string of the molecule is CC1CN(C(=O)c2ccc(C(F)(F)F)cc2)CC(CBr)O1. The molecule has 0 saturated carbocycles. The third kappa shape index (κ3) is 3.97. The normalized spacial score (nSPS) is 23.2. The van der Waals surface area contributed by atoms with E-state index in [4.69, 9.17) is 4.74 Å². The maximum atomic E-state index is 12.5. The summed E-state index contributed by atoms with van der Waals surface area (Å²) in [7, 11) is 0. The van der Waals surface area contributed by atoms with Gasteiger partial charge < -0.3 is 9.64 Å². The molecule has 0 spiro atoms. The van der Waals surface area contributed by atoms with Crippen molar-refractivity contribution in [2.45, 2.75) is 25.3 Å². The predicted octanol–water partition coefficient (Wildman–Crippen LogP) is 3.33. The Morgan fingerprint density at radius 1 is 1.33 bits per heavy atom. The van der Waals surface area contributed by atoms with Gasteiger partial charge in [-0.3, -0.25) is 4.79 Å². The van der Waals surface area contributed by atoms with Crippen molar-refractivity contribution >= 4 is 21.8 Å². The third-order valence-electron chi connectivity index (χ3n) is 3.24. The van der Waals surface area contributed by atoms with Crippen LogP contribution in [0.3, 0.4) is 0 Å². The molecule has 0 N–H and O–H groups in total. The van der Waals surface area contributed by atoms with E-state index in [1.165, 1.54) is 12.1 Å². The van der Waals surface area contributed by atoms with Gasteiger partial charge in [0.05, 0.1) is 17.8 Å². The van der Waals surface area contributed by atoms with E-state index in [1.54, 1.807) is 4.90 Å². The molecule has 0 radical (unpaired) electrons. The molecule has 21 heavy (non-hydrogen) atoms. The van der Waals surface area contributed by atoms with Crippen LogP contribution < -0.4 is 0 Å². The minimum absolute atomic E-state index is 0.0975. The standard InChI is InChI=1S/C14H15BrF3NO2/c1-9-7-19(8-12(6-15)21-9)13(20)10-2-4-11(5-3-10)14(16,17)18/h2-5,9,12H,6-8H2,1H3. The van der Waals surface area contributed by atoms with Crippen molar-refractivity contribution in [2.75, 3.05) is 18.4 Å². The fourth-order valence-electron chi connectivity index (χ4n) is 2.28. The van der Waals surface area contributed by atoms with E-state index in [0.29, 0.717) is 18.4 Å². The van der Waals surface area contributed by atoms with Crippen LogP contribution in [0.25, 0.3) is 0 Å². The molecule has 1 fully saturated rings. The van der Waals surface area contributed by atoms with Crippen LogP contribution in [0.2, 0.25) is 0 Å². The van der Waals surface area contributed by atoms with Crippen LogP contribution in [0.1, 0.15) is 22.8 Å². The predicted molar refractivity (Wildman–Crippen MR) is 75.5 cm³/mol. The van der Waals surface area contributed by atoms with Gasteiger partial charge in [0.1, 0.15) is 0 Å². The number of carbonyl (C=O) groups excluding carboxylic acids is 1. The van der Waals surface area contributed by atoms with E-state index in [9.17, 15) is 18.0 Å². The Morgan fingerprint density at radius 2 is 1.95 bits per heavy atom. The second-order valence-electron chi connectivity index (χ2n) is 5.01. The number of alkyl halides is 4. The average Bonchev–Trinajstić information content (AvgIpc) is 2.45. The molecule has 1 heterocycles. The van der Waals surface area contributed by atoms with Crippen molar-refractivity contribution < 1.29 is 22.7 Å². The number of hydrogen-bond acceptors (Lipinski definition) is 2. The summed E-state index contributed by atoms with van der Waals surface area (Å²) in [6.45, 7) is 2.72. The van der Waals surface area contributed by atoms with Gasteiger partial charge >= 0.3 is 6.18 Å².